The molecular weight excluding hydrogens is 451 g/mol. The fourth-order valence-corrected chi connectivity index (χ4v) is 5.26. The van der Waals surface area contributed by atoms with Crippen molar-refractivity contribution in [1.29, 1.82) is 0 Å². The quantitative estimate of drug-likeness (QED) is 0.661. The fourth-order valence-electron chi connectivity index (χ4n) is 5.26. The monoisotopic (exact) mass is 480 g/mol. The van der Waals surface area contributed by atoms with Crippen molar-refractivity contribution in [3.05, 3.63) is 58.4 Å². The molecule has 3 heterocycles. The Hall–Kier alpha value is -3.46. The van der Waals surface area contributed by atoms with E-state index in [9.17, 15) is 14.4 Å². The summed E-state index contributed by atoms with van der Waals surface area (Å²) in [5.74, 6) is -0.713. The second-order valence-electron chi connectivity index (χ2n) is 9.37. The third-order valence-corrected chi connectivity index (χ3v) is 7.31. The lowest BCUT2D eigenvalue weighted by Crippen LogP contribution is -2.52. The molecule has 35 heavy (non-hydrogen) atoms. The molecule has 1 N–H and O–H groups in total. The lowest BCUT2D eigenvalue weighted by Gasteiger charge is -2.36. The van der Waals surface area contributed by atoms with Gasteiger partial charge in [0.25, 0.3) is 5.91 Å². The first-order valence-corrected chi connectivity index (χ1v) is 11.9. The van der Waals surface area contributed by atoms with E-state index < -0.39 is 17.8 Å². The number of amides is 3. The molecule has 2 aromatic rings. The summed E-state index contributed by atoms with van der Waals surface area (Å²) in [6, 6.07) is 8.40. The smallest absolute Gasteiger partial charge is 0.255 e. The maximum Gasteiger partial charge on any atom is 0.255 e. The number of hydrogen-bond donors (Lipinski definition) is 1. The summed E-state index contributed by atoms with van der Waals surface area (Å²) in [6.45, 7) is 6.02. The minimum absolute atomic E-state index is 0.190. The van der Waals surface area contributed by atoms with Crippen LogP contribution >= 0.6 is 0 Å². The van der Waals surface area contributed by atoms with Gasteiger partial charge >= 0.3 is 0 Å². The van der Waals surface area contributed by atoms with E-state index in [2.05, 4.69) is 23.2 Å². The Morgan fingerprint density at radius 2 is 1.89 bits per heavy atom. The Balaban J connectivity index is 1.26. The first-order chi connectivity index (χ1) is 16.9. The highest BCUT2D eigenvalue weighted by Crippen LogP contribution is 2.33. The second kappa shape index (κ2) is 9.30. The molecule has 1 unspecified atom stereocenters. The van der Waals surface area contributed by atoms with Gasteiger partial charge < -0.3 is 14.5 Å². The predicted octanol–water partition coefficient (Wildman–Crippen LogP) is 2.23. The van der Waals surface area contributed by atoms with Gasteiger partial charge in [0.1, 0.15) is 17.6 Å². The van der Waals surface area contributed by atoms with Crippen molar-refractivity contribution in [3.63, 3.8) is 0 Å². The van der Waals surface area contributed by atoms with Crippen LogP contribution in [0.3, 0.4) is 0 Å². The Morgan fingerprint density at radius 3 is 2.60 bits per heavy atom. The fraction of sp³-hybridized carbons (Fsp3) is 0.423. The van der Waals surface area contributed by atoms with Crippen molar-refractivity contribution in [1.82, 2.24) is 15.1 Å². The topological polar surface area (TPSA) is 82.2 Å². The maximum absolute atomic E-state index is 15.1. The molecule has 9 heteroatoms. The van der Waals surface area contributed by atoms with Gasteiger partial charge in [-0.15, -0.1) is 0 Å². The zero-order chi connectivity index (χ0) is 24.7. The number of benzene rings is 2. The van der Waals surface area contributed by atoms with Crippen LogP contribution < -0.4 is 15.0 Å². The Bertz CT molecular complexity index is 1190. The summed E-state index contributed by atoms with van der Waals surface area (Å²) in [4.78, 5) is 42.5. The maximum atomic E-state index is 15.1. The van der Waals surface area contributed by atoms with Gasteiger partial charge in [0.15, 0.2) is 0 Å². The minimum Gasteiger partial charge on any atom is -0.496 e. The number of nitrogens with one attached hydrogen (secondary N) is 1. The molecule has 1 atom stereocenters. The standard InChI is InChI=1S/C26H29FN4O4/c1-16-17(4-3-5-23(16)35-2)14-29-8-10-30(11-9-29)22-12-18-15-31(26(34)19(18)13-20(22)27)21-6-7-24(32)28-25(21)33/h3-5,12-13,21H,6-11,14-15H2,1-2H3,(H,28,32,33). The first-order valence-electron chi connectivity index (χ1n) is 11.9. The molecule has 0 bridgehead atoms. The van der Waals surface area contributed by atoms with Crippen LogP contribution in [0.15, 0.2) is 30.3 Å². The normalized spacial score (nSPS) is 20.8. The molecule has 0 aliphatic carbocycles. The molecule has 3 aliphatic rings. The van der Waals surface area contributed by atoms with Crippen LogP contribution in [0.2, 0.25) is 0 Å². The van der Waals surface area contributed by atoms with Gasteiger partial charge in [0, 0.05) is 51.3 Å². The van der Waals surface area contributed by atoms with Crippen LogP contribution in [-0.2, 0) is 22.7 Å². The number of rotatable bonds is 5. The van der Waals surface area contributed by atoms with Crippen molar-refractivity contribution < 1.29 is 23.5 Å². The number of nitrogens with zero attached hydrogens (tertiary/aromatic N) is 3. The summed E-state index contributed by atoms with van der Waals surface area (Å²) < 4.78 is 20.5. The van der Waals surface area contributed by atoms with E-state index in [1.54, 1.807) is 13.2 Å². The van der Waals surface area contributed by atoms with Gasteiger partial charge in [0.2, 0.25) is 11.8 Å². The van der Waals surface area contributed by atoms with E-state index in [4.69, 9.17) is 4.74 Å². The van der Waals surface area contributed by atoms with Gasteiger partial charge in [-0.1, -0.05) is 12.1 Å². The summed E-state index contributed by atoms with van der Waals surface area (Å²) >= 11 is 0. The van der Waals surface area contributed by atoms with Crippen LogP contribution in [-0.4, -0.2) is 66.9 Å². The van der Waals surface area contributed by atoms with E-state index in [-0.39, 0.29) is 31.2 Å². The number of imide groups is 1. The van der Waals surface area contributed by atoms with Crippen LogP contribution in [0.1, 0.15) is 39.9 Å². The number of ether oxygens (including phenoxy) is 1. The highest BCUT2D eigenvalue weighted by atomic mass is 19.1. The molecule has 3 amide bonds. The molecule has 0 saturated carbocycles. The van der Waals surface area contributed by atoms with Crippen molar-refractivity contribution >= 4 is 23.4 Å². The molecule has 2 aromatic carbocycles. The van der Waals surface area contributed by atoms with E-state index in [1.165, 1.54) is 16.5 Å². The summed E-state index contributed by atoms with van der Waals surface area (Å²) in [6.07, 6.45) is 0.476. The third-order valence-electron chi connectivity index (χ3n) is 7.31. The lowest BCUT2D eigenvalue weighted by molar-refractivity contribution is -0.136. The largest absolute Gasteiger partial charge is 0.496 e. The van der Waals surface area contributed by atoms with E-state index in [1.807, 2.05) is 17.0 Å². The van der Waals surface area contributed by atoms with Gasteiger partial charge in [-0.2, -0.15) is 0 Å². The molecule has 0 spiro atoms. The number of hydrogen-bond acceptors (Lipinski definition) is 6. The van der Waals surface area contributed by atoms with E-state index in [0.29, 0.717) is 29.9 Å². The number of piperidine rings is 1. The van der Waals surface area contributed by atoms with Crippen LogP contribution in [0.5, 0.6) is 5.75 Å². The predicted molar refractivity (Wildman–Crippen MR) is 128 cm³/mol. The lowest BCUT2D eigenvalue weighted by atomic mass is 10.0. The van der Waals surface area contributed by atoms with Gasteiger partial charge in [0.05, 0.1) is 12.8 Å². The Labute approximate surface area is 203 Å². The number of fused-ring (bicyclic) bond motifs is 1. The van der Waals surface area contributed by atoms with Gasteiger partial charge in [-0.05, 0) is 48.2 Å². The molecular formula is C26H29FN4O4. The van der Waals surface area contributed by atoms with Crippen molar-refractivity contribution in [2.24, 2.45) is 0 Å². The van der Waals surface area contributed by atoms with E-state index >= 15 is 4.39 Å². The highest BCUT2D eigenvalue weighted by Gasteiger charge is 2.40. The average Bonchev–Trinajstić information content (AvgIpc) is 3.15. The number of methoxy groups -OCH3 is 1. The van der Waals surface area contributed by atoms with Crippen molar-refractivity contribution in [3.8, 4) is 5.75 Å². The number of carbonyl (C=O) groups excluding carboxylic acids is 3. The summed E-state index contributed by atoms with van der Waals surface area (Å²) in [7, 11) is 1.67. The van der Waals surface area contributed by atoms with Crippen LogP contribution in [0, 0.1) is 12.7 Å². The zero-order valence-electron chi connectivity index (χ0n) is 20.0. The number of anilines is 1. The number of halogens is 1. The van der Waals surface area contributed by atoms with Crippen molar-refractivity contribution in [2.45, 2.75) is 38.9 Å². The average molecular weight is 481 g/mol. The molecule has 8 nitrogen and oxygen atoms in total. The summed E-state index contributed by atoms with van der Waals surface area (Å²) in [5, 5.41) is 2.29. The molecule has 2 fully saturated rings. The van der Waals surface area contributed by atoms with Gasteiger partial charge in [-0.3, -0.25) is 24.6 Å². The second-order valence-corrected chi connectivity index (χ2v) is 9.37. The molecule has 184 valence electrons. The molecule has 2 saturated heterocycles. The number of piperazine rings is 1. The summed E-state index contributed by atoms with van der Waals surface area (Å²) in [5.41, 5.74) is 3.84. The first kappa shape index (κ1) is 23.3. The Kier molecular flexibility index (Phi) is 6.19. The zero-order valence-corrected chi connectivity index (χ0v) is 20.0. The third kappa shape index (κ3) is 4.36. The van der Waals surface area contributed by atoms with Crippen LogP contribution in [0.4, 0.5) is 10.1 Å². The van der Waals surface area contributed by atoms with Crippen molar-refractivity contribution in [2.75, 3.05) is 38.2 Å². The van der Waals surface area contributed by atoms with Gasteiger partial charge in [-0.25, -0.2) is 4.39 Å². The molecule has 0 radical (unpaired) electrons. The molecule has 5 rings (SSSR count). The Morgan fingerprint density at radius 1 is 1.11 bits per heavy atom. The molecule has 0 aromatic heterocycles. The van der Waals surface area contributed by atoms with Crippen LogP contribution in [0.25, 0.3) is 0 Å². The SMILES string of the molecule is COc1cccc(CN2CCN(c3cc4c(cc3F)C(=O)N(C3CCC(=O)NC3=O)C4)CC2)c1C. The molecule has 3 aliphatic heterocycles. The van der Waals surface area contributed by atoms with E-state index in [0.717, 1.165) is 30.9 Å². The minimum atomic E-state index is -0.706. The number of carbonyl (C=O) groups is 3. The highest BCUT2D eigenvalue weighted by molar-refractivity contribution is 6.05.